The molecule has 0 radical (unpaired) electrons. The number of hydrogen-bond acceptors (Lipinski definition) is 4. The first-order valence-electron chi connectivity index (χ1n) is 6.11. The van der Waals surface area contributed by atoms with Crippen LogP contribution in [-0.2, 0) is 14.3 Å². The van der Waals surface area contributed by atoms with E-state index in [9.17, 15) is 9.59 Å². The fourth-order valence-corrected chi connectivity index (χ4v) is 1.95. The fourth-order valence-electron chi connectivity index (χ4n) is 1.81. The summed E-state index contributed by atoms with van der Waals surface area (Å²) in [6.07, 6.45) is 0. The van der Waals surface area contributed by atoms with E-state index in [2.05, 4.69) is 5.32 Å². The Labute approximate surface area is 121 Å². The molecule has 106 valence electrons. The van der Waals surface area contributed by atoms with Gasteiger partial charge in [0.05, 0.1) is 6.61 Å². The maximum atomic E-state index is 11.8. The largest absolute Gasteiger partial charge is 0.389 e. The molecule has 20 heavy (non-hydrogen) atoms. The lowest BCUT2D eigenvalue weighted by Crippen LogP contribution is -2.45. The number of rotatable bonds is 4. The Morgan fingerprint density at radius 3 is 2.70 bits per heavy atom. The smallest absolute Gasteiger partial charge is 0.249 e. The van der Waals surface area contributed by atoms with Crippen molar-refractivity contribution in [2.45, 2.75) is 0 Å². The van der Waals surface area contributed by atoms with E-state index < -0.39 is 0 Å². The molecule has 1 aromatic rings. The Kier molecular flexibility index (Phi) is 4.65. The van der Waals surface area contributed by atoms with Crippen molar-refractivity contribution < 1.29 is 14.3 Å². The van der Waals surface area contributed by atoms with E-state index in [1.54, 1.807) is 24.3 Å². The SMILES string of the molecule is NC(=S)c1ccc(NC(=O)CN2CCOCC2=O)cc1. The molecule has 2 amide bonds. The summed E-state index contributed by atoms with van der Waals surface area (Å²) >= 11 is 4.85. The minimum atomic E-state index is -0.247. The first kappa shape index (κ1) is 14.4. The predicted octanol–water partition coefficient (Wildman–Crippen LogP) is 0.118. The van der Waals surface area contributed by atoms with Gasteiger partial charge in [-0.15, -0.1) is 0 Å². The van der Waals surface area contributed by atoms with Crippen molar-refractivity contribution in [2.75, 3.05) is 31.6 Å². The first-order valence-corrected chi connectivity index (χ1v) is 6.52. The molecule has 0 aromatic heterocycles. The van der Waals surface area contributed by atoms with E-state index in [1.165, 1.54) is 4.90 Å². The molecule has 3 N–H and O–H groups in total. The van der Waals surface area contributed by atoms with Gasteiger partial charge in [0.1, 0.15) is 18.1 Å². The maximum Gasteiger partial charge on any atom is 0.249 e. The van der Waals surface area contributed by atoms with E-state index in [1.807, 2.05) is 0 Å². The number of carbonyl (C=O) groups excluding carboxylic acids is 2. The maximum absolute atomic E-state index is 11.8. The third-order valence-electron chi connectivity index (χ3n) is 2.87. The molecule has 7 heteroatoms. The average Bonchev–Trinajstić information content (AvgIpc) is 2.42. The van der Waals surface area contributed by atoms with Crippen LogP contribution in [0.2, 0.25) is 0 Å². The van der Waals surface area contributed by atoms with Crippen LogP contribution in [0, 0.1) is 0 Å². The molecule has 1 aromatic carbocycles. The second-order valence-electron chi connectivity index (χ2n) is 4.36. The van der Waals surface area contributed by atoms with E-state index in [0.717, 1.165) is 5.56 Å². The van der Waals surface area contributed by atoms with Crippen molar-refractivity contribution in [3.8, 4) is 0 Å². The number of ether oxygens (including phenoxy) is 1. The van der Waals surface area contributed by atoms with Crippen molar-refractivity contribution in [1.29, 1.82) is 0 Å². The molecular weight excluding hydrogens is 278 g/mol. The highest BCUT2D eigenvalue weighted by atomic mass is 32.1. The minimum absolute atomic E-state index is 0.0270. The standard InChI is InChI=1S/C13H15N3O3S/c14-13(20)9-1-3-10(4-2-9)15-11(17)7-16-5-6-19-8-12(16)18/h1-4H,5-8H2,(H2,14,20)(H,15,17). The van der Waals surface area contributed by atoms with Gasteiger partial charge in [-0.05, 0) is 24.3 Å². The van der Waals surface area contributed by atoms with Crippen LogP contribution in [0.5, 0.6) is 0 Å². The summed E-state index contributed by atoms with van der Waals surface area (Å²) in [5, 5.41) is 2.72. The third kappa shape index (κ3) is 3.75. The van der Waals surface area contributed by atoms with Gasteiger partial charge < -0.3 is 20.7 Å². The summed E-state index contributed by atoms with van der Waals surface area (Å²) < 4.78 is 5.00. The van der Waals surface area contributed by atoms with Crippen LogP contribution in [0.3, 0.4) is 0 Å². The number of anilines is 1. The lowest BCUT2D eigenvalue weighted by Gasteiger charge is -2.26. The normalized spacial score (nSPS) is 15.0. The van der Waals surface area contributed by atoms with Crippen LogP contribution in [0.1, 0.15) is 5.56 Å². The third-order valence-corrected chi connectivity index (χ3v) is 3.11. The number of morpholine rings is 1. The van der Waals surface area contributed by atoms with Crippen LogP contribution >= 0.6 is 12.2 Å². The molecule has 0 atom stereocenters. The van der Waals surface area contributed by atoms with Crippen molar-refractivity contribution in [3.05, 3.63) is 29.8 Å². The van der Waals surface area contributed by atoms with Gasteiger partial charge in [-0.3, -0.25) is 9.59 Å². The van der Waals surface area contributed by atoms with Crippen LogP contribution < -0.4 is 11.1 Å². The molecule has 0 unspecified atom stereocenters. The van der Waals surface area contributed by atoms with Crippen molar-refractivity contribution >= 4 is 34.7 Å². The highest BCUT2D eigenvalue weighted by molar-refractivity contribution is 7.80. The molecule has 1 heterocycles. The molecule has 1 aliphatic rings. The number of nitrogens with two attached hydrogens (primary N) is 1. The Morgan fingerprint density at radius 1 is 1.40 bits per heavy atom. The molecule has 6 nitrogen and oxygen atoms in total. The molecule has 0 spiro atoms. The Hall–Kier alpha value is -1.99. The number of amides is 2. The summed E-state index contributed by atoms with van der Waals surface area (Å²) in [6, 6.07) is 6.90. The van der Waals surface area contributed by atoms with Crippen LogP contribution in [0.25, 0.3) is 0 Å². The van der Waals surface area contributed by atoms with Gasteiger partial charge in [-0.1, -0.05) is 12.2 Å². The highest BCUT2D eigenvalue weighted by Gasteiger charge is 2.20. The quantitative estimate of drug-likeness (QED) is 0.770. The summed E-state index contributed by atoms with van der Waals surface area (Å²) in [6.45, 7) is 0.962. The number of hydrogen-bond donors (Lipinski definition) is 2. The van der Waals surface area contributed by atoms with Gasteiger partial charge in [-0.25, -0.2) is 0 Å². The number of benzene rings is 1. The van der Waals surface area contributed by atoms with Crippen molar-refractivity contribution in [1.82, 2.24) is 4.90 Å². The molecule has 0 bridgehead atoms. The van der Waals surface area contributed by atoms with Gasteiger partial charge in [-0.2, -0.15) is 0 Å². The van der Waals surface area contributed by atoms with E-state index >= 15 is 0 Å². The lowest BCUT2D eigenvalue weighted by molar-refractivity contribution is -0.144. The Bertz CT molecular complexity index is 530. The molecule has 0 aliphatic carbocycles. The molecule has 1 aliphatic heterocycles. The second kappa shape index (κ2) is 6.44. The summed E-state index contributed by atoms with van der Waals surface area (Å²) in [7, 11) is 0. The summed E-state index contributed by atoms with van der Waals surface area (Å²) in [4.78, 5) is 25.1. The van der Waals surface area contributed by atoms with Crippen LogP contribution in [0.15, 0.2) is 24.3 Å². The predicted molar refractivity (Wildman–Crippen MR) is 78.4 cm³/mol. The topological polar surface area (TPSA) is 84.7 Å². The van der Waals surface area contributed by atoms with Crippen molar-refractivity contribution in [2.24, 2.45) is 5.73 Å². The fraction of sp³-hybridized carbons (Fsp3) is 0.308. The van der Waals surface area contributed by atoms with E-state index in [4.69, 9.17) is 22.7 Å². The number of nitrogens with one attached hydrogen (secondary N) is 1. The number of thiocarbonyl (C=S) groups is 1. The zero-order valence-electron chi connectivity index (χ0n) is 10.8. The Morgan fingerprint density at radius 2 is 2.10 bits per heavy atom. The summed E-state index contributed by atoms with van der Waals surface area (Å²) in [5.41, 5.74) is 6.86. The highest BCUT2D eigenvalue weighted by Crippen LogP contribution is 2.10. The van der Waals surface area contributed by atoms with Crippen LogP contribution in [0.4, 0.5) is 5.69 Å². The molecular formula is C13H15N3O3S. The Balaban J connectivity index is 1.90. The zero-order valence-corrected chi connectivity index (χ0v) is 11.6. The number of nitrogens with zero attached hydrogens (tertiary/aromatic N) is 1. The second-order valence-corrected chi connectivity index (χ2v) is 4.80. The lowest BCUT2D eigenvalue weighted by atomic mass is 10.2. The van der Waals surface area contributed by atoms with E-state index in [0.29, 0.717) is 23.8 Å². The summed E-state index contributed by atoms with van der Waals surface area (Å²) in [5.74, 6) is -0.418. The van der Waals surface area contributed by atoms with Gasteiger partial charge in [0.2, 0.25) is 11.8 Å². The number of carbonyl (C=O) groups is 2. The minimum Gasteiger partial charge on any atom is -0.389 e. The zero-order chi connectivity index (χ0) is 14.5. The van der Waals surface area contributed by atoms with Gasteiger partial charge >= 0.3 is 0 Å². The monoisotopic (exact) mass is 293 g/mol. The van der Waals surface area contributed by atoms with Gasteiger partial charge in [0.15, 0.2) is 0 Å². The molecule has 1 saturated heterocycles. The first-order chi connectivity index (χ1) is 9.56. The molecule has 0 saturated carbocycles. The van der Waals surface area contributed by atoms with Gasteiger partial charge in [0, 0.05) is 17.8 Å². The van der Waals surface area contributed by atoms with Gasteiger partial charge in [0.25, 0.3) is 0 Å². The average molecular weight is 293 g/mol. The van der Waals surface area contributed by atoms with E-state index in [-0.39, 0.29) is 25.0 Å². The molecule has 2 rings (SSSR count). The molecule has 1 fully saturated rings. The van der Waals surface area contributed by atoms with Crippen molar-refractivity contribution in [3.63, 3.8) is 0 Å². The van der Waals surface area contributed by atoms with Crippen LogP contribution in [-0.4, -0.2) is 48.0 Å².